The molecule has 2 fully saturated rings. The number of carbonyl (C=O) groups excluding carboxylic acids is 1. The predicted molar refractivity (Wildman–Crippen MR) is 103 cm³/mol. The van der Waals surface area contributed by atoms with E-state index in [4.69, 9.17) is 4.74 Å². The molecule has 2 aromatic rings. The summed E-state index contributed by atoms with van der Waals surface area (Å²) in [5, 5.41) is 3.11. The lowest BCUT2D eigenvalue weighted by molar-refractivity contribution is -0.286. The molecule has 1 N–H and O–H groups in total. The number of carbonyl (C=O) groups is 1. The Labute approximate surface area is 176 Å². The first-order valence-electron chi connectivity index (χ1n) is 10.5. The van der Waals surface area contributed by atoms with Gasteiger partial charge in [0.1, 0.15) is 17.2 Å². The van der Waals surface area contributed by atoms with Crippen LogP contribution in [0.5, 0.6) is 17.2 Å². The number of nitrogens with one attached hydrogen (secondary N) is 1. The van der Waals surface area contributed by atoms with Gasteiger partial charge in [0, 0.05) is 12.0 Å². The zero-order valence-corrected chi connectivity index (χ0v) is 16.6. The molecule has 1 spiro atoms. The van der Waals surface area contributed by atoms with Crippen molar-refractivity contribution >= 4 is 5.91 Å². The first-order valence-corrected chi connectivity index (χ1v) is 10.5. The van der Waals surface area contributed by atoms with E-state index >= 15 is 0 Å². The molecule has 2 heterocycles. The third-order valence-corrected chi connectivity index (χ3v) is 6.96. The zero-order valence-electron chi connectivity index (χ0n) is 16.6. The van der Waals surface area contributed by atoms with Crippen LogP contribution in [0.2, 0.25) is 0 Å². The van der Waals surface area contributed by atoms with Crippen LogP contribution in [0.4, 0.5) is 13.2 Å². The fourth-order valence-corrected chi connectivity index (χ4v) is 4.96. The molecule has 1 atom stereocenters. The highest BCUT2D eigenvalue weighted by Gasteiger charge is 2.54. The van der Waals surface area contributed by atoms with E-state index < -0.39 is 11.7 Å². The van der Waals surface area contributed by atoms with Crippen LogP contribution in [0.3, 0.4) is 0 Å². The second-order valence-electron chi connectivity index (χ2n) is 8.96. The lowest BCUT2D eigenvalue weighted by Gasteiger charge is -2.48. The van der Waals surface area contributed by atoms with Crippen molar-refractivity contribution < 1.29 is 32.2 Å². The normalized spacial score (nSPS) is 25.2. The zero-order chi connectivity index (χ0) is 21.4. The van der Waals surface area contributed by atoms with Crippen molar-refractivity contribution in [3.05, 3.63) is 53.3 Å². The largest absolute Gasteiger partial charge is 0.586 e. The Balaban J connectivity index is 1.28. The summed E-state index contributed by atoms with van der Waals surface area (Å²) < 4.78 is 55.8. The van der Waals surface area contributed by atoms with Crippen LogP contribution in [0, 0.1) is 5.82 Å². The third-order valence-electron chi connectivity index (χ3n) is 6.96. The summed E-state index contributed by atoms with van der Waals surface area (Å²) in [7, 11) is 0. The van der Waals surface area contributed by atoms with Crippen LogP contribution in [0.25, 0.3) is 0 Å². The molecule has 1 amide bonds. The quantitative estimate of drug-likeness (QED) is 0.763. The summed E-state index contributed by atoms with van der Waals surface area (Å²) in [6.45, 7) is 0. The first kappa shape index (κ1) is 18.8. The van der Waals surface area contributed by atoms with Crippen molar-refractivity contribution in [2.24, 2.45) is 0 Å². The van der Waals surface area contributed by atoms with Gasteiger partial charge >= 0.3 is 6.29 Å². The van der Waals surface area contributed by atoms with Crippen LogP contribution in [0.15, 0.2) is 36.4 Å². The Hall–Kier alpha value is -2.90. The molecule has 2 saturated carbocycles. The van der Waals surface area contributed by atoms with Gasteiger partial charge in [-0.15, -0.1) is 8.78 Å². The lowest BCUT2D eigenvalue weighted by atomic mass is 9.73. The van der Waals surface area contributed by atoms with Gasteiger partial charge in [-0.1, -0.05) is 6.07 Å². The fraction of sp³-hybridized carbons (Fsp3) is 0.435. The Morgan fingerprint density at radius 1 is 0.935 bits per heavy atom. The highest BCUT2D eigenvalue weighted by molar-refractivity contribution is 5.92. The Morgan fingerprint density at radius 2 is 1.68 bits per heavy atom. The lowest BCUT2D eigenvalue weighted by Crippen LogP contribution is -2.50. The summed E-state index contributed by atoms with van der Waals surface area (Å²) in [6.07, 6.45) is 0.933. The molecule has 0 aromatic heterocycles. The van der Waals surface area contributed by atoms with Crippen molar-refractivity contribution in [1.82, 2.24) is 5.32 Å². The van der Waals surface area contributed by atoms with E-state index in [1.165, 1.54) is 24.3 Å². The molecule has 6 rings (SSSR count). The monoisotopic (exact) mass is 431 g/mol. The number of hydrogen-bond donors (Lipinski definition) is 1. The molecule has 0 unspecified atom stereocenters. The molecule has 8 heteroatoms. The summed E-state index contributed by atoms with van der Waals surface area (Å²) >= 11 is 0. The fourth-order valence-electron chi connectivity index (χ4n) is 4.96. The van der Waals surface area contributed by atoms with Gasteiger partial charge in [-0.05, 0) is 68.0 Å². The molecule has 5 nitrogen and oxygen atoms in total. The number of amides is 1. The van der Waals surface area contributed by atoms with Gasteiger partial charge in [0.2, 0.25) is 5.91 Å². The molecular weight excluding hydrogens is 411 g/mol. The number of rotatable bonds is 3. The second kappa shape index (κ2) is 6.08. The van der Waals surface area contributed by atoms with Crippen LogP contribution in [0.1, 0.15) is 55.7 Å². The molecule has 4 aliphatic rings. The van der Waals surface area contributed by atoms with E-state index in [1.54, 1.807) is 12.1 Å². The van der Waals surface area contributed by atoms with Crippen molar-refractivity contribution in [2.45, 2.75) is 61.9 Å². The minimum absolute atomic E-state index is 0.0503. The molecule has 0 bridgehead atoms. The van der Waals surface area contributed by atoms with E-state index in [1.807, 2.05) is 0 Å². The molecule has 0 saturated heterocycles. The maximum atomic E-state index is 13.9. The standard InChI is InChI=1S/C23H20F3NO4/c24-14-3-5-17-15(11-14)16(12-21(29-17)6-1-7-21)27-20(28)22(8-9-22)13-2-4-18-19(10-13)31-23(25,26)30-18/h2-5,10-11,16H,1,6-9,12H2,(H,27,28)/t16-/m0/s1. The van der Waals surface area contributed by atoms with Gasteiger partial charge in [0.05, 0.1) is 11.5 Å². The van der Waals surface area contributed by atoms with Crippen molar-refractivity contribution in [2.75, 3.05) is 0 Å². The third kappa shape index (κ3) is 2.95. The van der Waals surface area contributed by atoms with Gasteiger partial charge in [-0.25, -0.2) is 4.39 Å². The van der Waals surface area contributed by atoms with E-state index in [2.05, 4.69) is 14.8 Å². The van der Waals surface area contributed by atoms with Crippen LogP contribution in [-0.2, 0) is 10.2 Å². The van der Waals surface area contributed by atoms with E-state index in [0.717, 1.165) is 19.3 Å². The smallest absolute Gasteiger partial charge is 0.487 e. The average molecular weight is 431 g/mol. The average Bonchev–Trinajstić information content (AvgIpc) is 3.44. The number of alkyl halides is 2. The molecule has 31 heavy (non-hydrogen) atoms. The Kier molecular flexibility index (Phi) is 3.69. The topological polar surface area (TPSA) is 56.8 Å². The SMILES string of the molecule is O=C(N[C@H]1CC2(CCC2)Oc2ccc(F)cc21)C1(c2ccc3c(c2)OC(F)(F)O3)CC1. The predicted octanol–water partition coefficient (Wildman–Crippen LogP) is 4.74. The maximum Gasteiger partial charge on any atom is 0.586 e. The summed E-state index contributed by atoms with van der Waals surface area (Å²) in [4.78, 5) is 13.4. The van der Waals surface area contributed by atoms with E-state index in [-0.39, 0.29) is 34.9 Å². The minimum Gasteiger partial charge on any atom is -0.487 e. The van der Waals surface area contributed by atoms with Gasteiger partial charge in [-0.3, -0.25) is 4.79 Å². The van der Waals surface area contributed by atoms with Crippen LogP contribution < -0.4 is 19.5 Å². The summed E-state index contributed by atoms with van der Waals surface area (Å²) in [5.41, 5.74) is 0.112. The van der Waals surface area contributed by atoms with E-state index in [9.17, 15) is 18.0 Å². The maximum absolute atomic E-state index is 13.9. The summed E-state index contributed by atoms with van der Waals surface area (Å²) in [6, 6.07) is 8.50. The van der Waals surface area contributed by atoms with Gasteiger partial charge < -0.3 is 19.5 Å². The molecule has 0 radical (unpaired) electrons. The number of hydrogen-bond acceptors (Lipinski definition) is 4. The Morgan fingerprint density at radius 3 is 2.39 bits per heavy atom. The van der Waals surface area contributed by atoms with Crippen molar-refractivity contribution in [1.29, 1.82) is 0 Å². The summed E-state index contributed by atoms with van der Waals surface area (Å²) in [5.74, 6) is -0.106. The van der Waals surface area contributed by atoms with Gasteiger partial charge in [0.15, 0.2) is 11.5 Å². The number of fused-ring (bicyclic) bond motifs is 2. The van der Waals surface area contributed by atoms with Crippen molar-refractivity contribution in [3.63, 3.8) is 0 Å². The van der Waals surface area contributed by atoms with Crippen molar-refractivity contribution in [3.8, 4) is 17.2 Å². The van der Waals surface area contributed by atoms with E-state index in [0.29, 0.717) is 36.1 Å². The minimum atomic E-state index is -3.70. The number of benzene rings is 2. The molecular formula is C23H20F3NO4. The number of ether oxygens (including phenoxy) is 3. The molecule has 2 aliphatic carbocycles. The van der Waals surface area contributed by atoms with Gasteiger partial charge in [0.25, 0.3) is 0 Å². The van der Waals surface area contributed by atoms with Gasteiger partial charge in [-0.2, -0.15) is 0 Å². The van der Waals surface area contributed by atoms with Crippen LogP contribution >= 0.6 is 0 Å². The second-order valence-corrected chi connectivity index (χ2v) is 8.96. The Bertz CT molecular complexity index is 1090. The molecule has 2 aliphatic heterocycles. The first-order chi connectivity index (χ1) is 14.8. The van der Waals surface area contributed by atoms with Crippen LogP contribution in [-0.4, -0.2) is 17.8 Å². The molecule has 162 valence electrons. The highest BCUT2D eigenvalue weighted by Crippen LogP contribution is 2.53. The molecule has 2 aromatic carbocycles. The highest BCUT2D eigenvalue weighted by atomic mass is 19.3. The number of halogens is 3.